The van der Waals surface area contributed by atoms with Crippen LogP contribution in [0, 0.1) is 10.1 Å². The zero-order valence-electron chi connectivity index (χ0n) is 12.4. The van der Waals surface area contributed by atoms with Crippen LogP contribution in [-0.4, -0.2) is 10.8 Å². The number of amides is 1. The number of non-ortho nitro benzene ring substituents is 1. The first kappa shape index (κ1) is 16.7. The summed E-state index contributed by atoms with van der Waals surface area (Å²) in [5, 5.41) is 14.1. The fraction of sp³-hybridized carbons (Fsp3) is 0.118. The minimum atomic E-state index is -0.474. The van der Waals surface area contributed by atoms with Gasteiger partial charge in [-0.05, 0) is 36.3 Å². The van der Waals surface area contributed by atoms with E-state index in [0.29, 0.717) is 10.6 Å². The molecular formula is C17H15ClN2O3. The third-order valence-corrected chi connectivity index (χ3v) is 3.45. The van der Waals surface area contributed by atoms with E-state index in [1.165, 1.54) is 24.3 Å². The van der Waals surface area contributed by atoms with Crippen molar-refractivity contribution in [3.05, 3.63) is 80.9 Å². The molecule has 0 fully saturated rings. The van der Waals surface area contributed by atoms with E-state index in [1.54, 1.807) is 24.3 Å². The van der Waals surface area contributed by atoms with Crippen LogP contribution in [0.15, 0.2) is 54.6 Å². The predicted molar refractivity (Wildman–Crippen MR) is 90.1 cm³/mol. The molecule has 6 heteroatoms. The summed E-state index contributed by atoms with van der Waals surface area (Å²) in [5.74, 6) is -0.288. The van der Waals surface area contributed by atoms with Gasteiger partial charge in [-0.3, -0.25) is 14.9 Å². The zero-order valence-corrected chi connectivity index (χ0v) is 13.2. The fourth-order valence-electron chi connectivity index (χ4n) is 2.03. The van der Waals surface area contributed by atoms with Crippen LogP contribution in [0.3, 0.4) is 0 Å². The maximum Gasteiger partial charge on any atom is 0.270 e. The van der Waals surface area contributed by atoms with Crippen LogP contribution >= 0.6 is 11.6 Å². The van der Waals surface area contributed by atoms with Crippen molar-refractivity contribution in [1.29, 1.82) is 0 Å². The van der Waals surface area contributed by atoms with Crippen LogP contribution in [0.2, 0.25) is 5.02 Å². The maximum absolute atomic E-state index is 11.9. The lowest BCUT2D eigenvalue weighted by Gasteiger charge is -2.13. The van der Waals surface area contributed by atoms with E-state index >= 15 is 0 Å². The number of nitrogens with one attached hydrogen (secondary N) is 1. The summed E-state index contributed by atoms with van der Waals surface area (Å²) < 4.78 is 0. The number of hydrogen-bond acceptors (Lipinski definition) is 3. The molecule has 0 saturated carbocycles. The van der Waals surface area contributed by atoms with Crippen molar-refractivity contribution in [2.75, 3.05) is 0 Å². The third-order valence-electron chi connectivity index (χ3n) is 3.22. The van der Waals surface area contributed by atoms with Gasteiger partial charge in [-0.25, -0.2) is 0 Å². The molecule has 2 rings (SSSR count). The molecule has 2 aromatic carbocycles. The van der Waals surface area contributed by atoms with E-state index in [1.807, 2.05) is 19.1 Å². The van der Waals surface area contributed by atoms with Crippen molar-refractivity contribution in [2.24, 2.45) is 0 Å². The molecule has 0 bridgehead atoms. The Morgan fingerprint density at radius 1 is 1.26 bits per heavy atom. The van der Waals surface area contributed by atoms with E-state index in [-0.39, 0.29) is 17.6 Å². The average molecular weight is 331 g/mol. The van der Waals surface area contributed by atoms with Crippen LogP contribution in [-0.2, 0) is 4.79 Å². The summed E-state index contributed by atoms with van der Waals surface area (Å²) in [6.07, 6.45) is 2.88. The lowest BCUT2D eigenvalue weighted by molar-refractivity contribution is -0.384. The van der Waals surface area contributed by atoms with Gasteiger partial charge in [0.05, 0.1) is 11.0 Å². The molecule has 0 spiro atoms. The lowest BCUT2D eigenvalue weighted by Crippen LogP contribution is -2.24. The summed E-state index contributed by atoms with van der Waals surface area (Å²) in [5.41, 5.74) is 1.47. The molecule has 0 radical (unpaired) electrons. The lowest BCUT2D eigenvalue weighted by atomic mass is 10.1. The van der Waals surface area contributed by atoms with Crippen LogP contribution < -0.4 is 5.32 Å². The molecule has 0 aliphatic carbocycles. The van der Waals surface area contributed by atoms with Crippen molar-refractivity contribution in [3.63, 3.8) is 0 Å². The highest BCUT2D eigenvalue weighted by atomic mass is 35.5. The van der Waals surface area contributed by atoms with E-state index in [2.05, 4.69) is 5.32 Å². The summed E-state index contributed by atoms with van der Waals surface area (Å²) in [6.45, 7) is 1.85. The second kappa shape index (κ2) is 7.56. The number of rotatable bonds is 5. The van der Waals surface area contributed by atoms with E-state index < -0.39 is 4.92 Å². The van der Waals surface area contributed by atoms with Gasteiger partial charge in [0.1, 0.15) is 0 Å². The van der Waals surface area contributed by atoms with E-state index in [9.17, 15) is 14.9 Å². The molecule has 23 heavy (non-hydrogen) atoms. The molecule has 5 nitrogen and oxygen atoms in total. The van der Waals surface area contributed by atoms with Crippen molar-refractivity contribution in [1.82, 2.24) is 5.32 Å². The highest BCUT2D eigenvalue weighted by Gasteiger charge is 2.08. The topological polar surface area (TPSA) is 72.2 Å². The first-order chi connectivity index (χ1) is 11.0. The van der Waals surface area contributed by atoms with Crippen molar-refractivity contribution in [2.45, 2.75) is 13.0 Å². The molecule has 0 aliphatic heterocycles. The Balaban J connectivity index is 2.01. The van der Waals surface area contributed by atoms with E-state index in [0.717, 1.165) is 5.56 Å². The van der Waals surface area contributed by atoms with Gasteiger partial charge in [-0.15, -0.1) is 0 Å². The van der Waals surface area contributed by atoms with Crippen LogP contribution in [0.25, 0.3) is 6.08 Å². The fourth-order valence-corrected chi connectivity index (χ4v) is 2.23. The quantitative estimate of drug-likeness (QED) is 0.508. The minimum absolute atomic E-state index is 0.0140. The van der Waals surface area contributed by atoms with Crippen molar-refractivity contribution < 1.29 is 9.72 Å². The molecule has 0 aliphatic rings. The molecular weight excluding hydrogens is 316 g/mol. The Kier molecular flexibility index (Phi) is 5.49. The number of nitrogens with zero attached hydrogens (tertiary/aromatic N) is 1. The summed E-state index contributed by atoms with van der Waals surface area (Å²) in [4.78, 5) is 22.2. The molecule has 0 unspecified atom stereocenters. The van der Waals surface area contributed by atoms with Gasteiger partial charge in [-0.2, -0.15) is 0 Å². The SMILES string of the molecule is C[C@H](NC(=O)/C=C/c1cccc([N+](=O)[O-])c1)c1cccc(Cl)c1. The molecule has 118 valence electrons. The monoisotopic (exact) mass is 330 g/mol. The number of carbonyl (C=O) groups excluding carboxylic acids is 1. The van der Waals surface area contributed by atoms with Crippen LogP contribution in [0.4, 0.5) is 5.69 Å². The molecule has 0 saturated heterocycles. The maximum atomic E-state index is 11.9. The molecule has 1 N–H and O–H groups in total. The predicted octanol–water partition coefficient (Wildman–Crippen LogP) is 4.14. The Bertz CT molecular complexity index is 759. The third kappa shape index (κ3) is 4.93. The zero-order chi connectivity index (χ0) is 16.8. The number of benzene rings is 2. The number of nitro groups is 1. The second-order valence-corrected chi connectivity index (χ2v) is 5.41. The second-order valence-electron chi connectivity index (χ2n) is 4.97. The standard InChI is InChI=1S/C17H15ClN2O3/c1-12(14-5-3-6-15(18)11-14)19-17(21)9-8-13-4-2-7-16(10-13)20(22)23/h2-12H,1H3,(H,19,21)/b9-8+/t12-/m0/s1. The highest BCUT2D eigenvalue weighted by molar-refractivity contribution is 6.30. The molecule has 1 amide bonds. The molecule has 0 heterocycles. The first-order valence-electron chi connectivity index (χ1n) is 6.94. The van der Waals surface area contributed by atoms with Gasteiger partial charge in [0, 0.05) is 23.2 Å². The molecule has 1 atom stereocenters. The van der Waals surface area contributed by atoms with Crippen molar-refractivity contribution >= 4 is 29.3 Å². The first-order valence-corrected chi connectivity index (χ1v) is 7.32. The largest absolute Gasteiger partial charge is 0.346 e. The van der Waals surface area contributed by atoms with E-state index in [4.69, 9.17) is 11.6 Å². The van der Waals surface area contributed by atoms with Crippen molar-refractivity contribution in [3.8, 4) is 0 Å². The normalized spacial score (nSPS) is 12.1. The number of halogens is 1. The summed E-state index contributed by atoms with van der Waals surface area (Å²) in [7, 11) is 0. The number of hydrogen-bond donors (Lipinski definition) is 1. The van der Waals surface area contributed by atoms with Gasteiger partial charge in [-0.1, -0.05) is 35.9 Å². The Labute approximate surface area is 138 Å². The minimum Gasteiger partial charge on any atom is -0.346 e. The smallest absolute Gasteiger partial charge is 0.270 e. The average Bonchev–Trinajstić information content (AvgIpc) is 2.53. The van der Waals surface area contributed by atoms with Gasteiger partial charge in [0.2, 0.25) is 5.91 Å². The highest BCUT2D eigenvalue weighted by Crippen LogP contribution is 2.17. The molecule has 0 aromatic heterocycles. The summed E-state index contributed by atoms with van der Waals surface area (Å²) >= 11 is 5.93. The van der Waals surface area contributed by atoms with Crippen LogP contribution in [0.5, 0.6) is 0 Å². The number of nitro benzene ring substituents is 1. The van der Waals surface area contributed by atoms with Gasteiger partial charge in [0.25, 0.3) is 5.69 Å². The Morgan fingerprint density at radius 2 is 2.00 bits per heavy atom. The van der Waals surface area contributed by atoms with Gasteiger partial charge >= 0.3 is 0 Å². The Hall–Kier alpha value is -2.66. The number of carbonyl (C=O) groups is 1. The Morgan fingerprint density at radius 3 is 2.70 bits per heavy atom. The van der Waals surface area contributed by atoms with Gasteiger partial charge in [0.15, 0.2) is 0 Å². The molecule has 2 aromatic rings. The summed E-state index contributed by atoms with van der Waals surface area (Å²) in [6, 6.07) is 13.1. The van der Waals surface area contributed by atoms with Gasteiger partial charge < -0.3 is 5.32 Å². The van der Waals surface area contributed by atoms with Crippen LogP contribution in [0.1, 0.15) is 24.1 Å².